The normalized spacial score (nSPS) is 12.0. The van der Waals surface area contributed by atoms with Gasteiger partial charge in [-0.15, -0.1) is 0 Å². The van der Waals surface area contributed by atoms with Crippen molar-refractivity contribution in [2.75, 3.05) is 6.54 Å². The van der Waals surface area contributed by atoms with Gasteiger partial charge in [-0.1, -0.05) is 50.9 Å². The number of halogens is 2. The number of benzene rings is 1. The average Bonchev–Trinajstić information content (AvgIpc) is 2.67. The summed E-state index contributed by atoms with van der Waals surface area (Å²) in [6, 6.07) is 3.66. The Hall–Kier alpha value is -0.700. The third kappa shape index (κ3) is 3.30. The molecule has 0 aliphatic carbocycles. The molecule has 0 atom stereocenters. The Bertz CT molecular complexity index is 602. The third-order valence-corrected chi connectivity index (χ3v) is 3.74. The summed E-state index contributed by atoms with van der Waals surface area (Å²) in [5.41, 5.74) is 1.93. The molecule has 2 nitrogen and oxygen atoms in total. The van der Waals surface area contributed by atoms with Crippen molar-refractivity contribution in [1.29, 1.82) is 0 Å². The molecule has 0 saturated carbocycles. The molecule has 0 bridgehead atoms. The van der Waals surface area contributed by atoms with Gasteiger partial charge in [-0.25, -0.2) is 0 Å². The number of nitrogens with one attached hydrogen (secondary N) is 1. The van der Waals surface area contributed by atoms with Crippen molar-refractivity contribution in [3.05, 3.63) is 33.5 Å². The summed E-state index contributed by atoms with van der Waals surface area (Å²) in [5.74, 6) is 1.93. The Morgan fingerprint density at radius 2 is 1.85 bits per heavy atom. The van der Waals surface area contributed by atoms with Crippen molar-refractivity contribution >= 4 is 34.2 Å². The van der Waals surface area contributed by atoms with Crippen LogP contribution in [0.3, 0.4) is 0 Å². The second-order valence-corrected chi connectivity index (χ2v) is 6.73. The van der Waals surface area contributed by atoms with Crippen molar-refractivity contribution in [2.45, 2.75) is 40.2 Å². The van der Waals surface area contributed by atoms with E-state index in [1.54, 1.807) is 6.07 Å². The lowest BCUT2D eigenvalue weighted by Crippen LogP contribution is -2.19. The number of hydrogen-bond acceptors (Lipinski definition) is 2. The molecule has 0 aliphatic heterocycles. The molecule has 0 fully saturated rings. The summed E-state index contributed by atoms with van der Waals surface area (Å²) >= 11 is 12.4. The van der Waals surface area contributed by atoms with Crippen LogP contribution in [0.4, 0.5) is 0 Å². The molecular formula is C16H21Cl2NO. The lowest BCUT2D eigenvalue weighted by Gasteiger charge is -2.09. The Morgan fingerprint density at radius 1 is 1.15 bits per heavy atom. The maximum Gasteiger partial charge on any atom is 0.153 e. The van der Waals surface area contributed by atoms with E-state index in [1.807, 2.05) is 6.07 Å². The first-order valence-corrected chi connectivity index (χ1v) is 7.76. The Labute approximate surface area is 130 Å². The molecule has 0 unspecified atom stereocenters. The van der Waals surface area contributed by atoms with Gasteiger partial charge in [0.15, 0.2) is 5.58 Å². The van der Waals surface area contributed by atoms with Crippen molar-refractivity contribution < 1.29 is 4.42 Å². The molecule has 0 aliphatic rings. The Balaban J connectivity index is 2.43. The molecule has 2 aromatic rings. The first kappa shape index (κ1) is 15.7. The van der Waals surface area contributed by atoms with Crippen LogP contribution in [0.5, 0.6) is 0 Å². The zero-order chi connectivity index (χ0) is 14.9. The molecule has 0 amide bonds. The molecule has 1 aromatic carbocycles. The van der Waals surface area contributed by atoms with Gasteiger partial charge in [-0.2, -0.15) is 0 Å². The van der Waals surface area contributed by atoms with Crippen LogP contribution >= 0.6 is 23.2 Å². The van der Waals surface area contributed by atoms with Gasteiger partial charge in [0.05, 0.1) is 11.6 Å². The van der Waals surface area contributed by atoms with E-state index in [-0.39, 0.29) is 0 Å². The fourth-order valence-electron chi connectivity index (χ4n) is 2.43. The molecule has 20 heavy (non-hydrogen) atoms. The highest BCUT2D eigenvalue weighted by Crippen LogP contribution is 2.37. The minimum absolute atomic E-state index is 0.363. The van der Waals surface area contributed by atoms with Crippen molar-refractivity contribution in [3.63, 3.8) is 0 Å². The number of fused-ring (bicyclic) bond motifs is 1. The Kier molecular flexibility index (Phi) is 5.00. The van der Waals surface area contributed by atoms with Crippen LogP contribution in [0.2, 0.25) is 10.0 Å². The number of rotatable bonds is 5. The second kappa shape index (κ2) is 6.38. The van der Waals surface area contributed by atoms with E-state index in [4.69, 9.17) is 27.6 Å². The number of furan rings is 1. The van der Waals surface area contributed by atoms with E-state index in [0.717, 1.165) is 23.3 Å². The van der Waals surface area contributed by atoms with Crippen LogP contribution in [-0.2, 0) is 6.54 Å². The van der Waals surface area contributed by atoms with Gasteiger partial charge in [0.2, 0.25) is 0 Å². The lowest BCUT2D eigenvalue weighted by atomic mass is 9.99. The van der Waals surface area contributed by atoms with Gasteiger partial charge in [0.25, 0.3) is 0 Å². The standard InChI is InChI=1S/C16H21Cl2NO/c1-9(2)7-19-8-14-15(10(3)4)12-5-11(17)6-13(18)16(12)20-14/h5-6,9-10,19H,7-8H2,1-4H3. The van der Waals surface area contributed by atoms with Crippen LogP contribution in [-0.4, -0.2) is 6.54 Å². The quantitative estimate of drug-likeness (QED) is 0.776. The second-order valence-electron chi connectivity index (χ2n) is 5.88. The molecular weight excluding hydrogens is 293 g/mol. The molecule has 2 rings (SSSR count). The van der Waals surface area contributed by atoms with Crippen LogP contribution in [0.1, 0.15) is 44.9 Å². The summed E-state index contributed by atoms with van der Waals surface area (Å²) < 4.78 is 5.97. The maximum atomic E-state index is 6.24. The minimum Gasteiger partial charge on any atom is -0.458 e. The predicted octanol–water partition coefficient (Wildman–Crippen LogP) is 5.61. The van der Waals surface area contributed by atoms with Crippen LogP contribution in [0.25, 0.3) is 11.0 Å². The fraction of sp³-hybridized carbons (Fsp3) is 0.500. The molecule has 1 N–H and O–H groups in total. The van der Waals surface area contributed by atoms with E-state index in [0.29, 0.717) is 28.4 Å². The van der Waals surface area contributed by atoms with E-state index >= 15 is 0 Å². The molecule has 0 radical (unpaired) electrons. The highest BCUT2D eigenvalue weighted by molar-refractivity contribution is 6.38. The largest absolute Gasteiger partial charge is 0.458 e. The fourth-order valence-corrected chi connectivity index (χ4v) is 2.96. The van der Waals surface area contributed by atoms with Gasteiger partial charge in [-0.05, 0) is 30.5 Å². The minimum atomic E-state index is 0.363. The van der Waals surface area contributed by atoms with Gasteiger partial charge in [0.1, 0.15) is 5.76 Å². The van der Waals surface area contributed by atoms with Crippen molar-refractivity contribution in [1.82, 2.24) is 5.32 Å². The van der Waals surface area contributed by atoms with Crippen LogP contribution in [0.15, 0.2) is 16.5 Å². The van der Waals surface area contributed by atoms with Crippen LogP contribution in [0, 0.1) is 5.92 Å². The molecule has 0 spiro atoms. The van der Waals surface area contributed by atoms with E-state index in [2.05, 4.69) is 33.0 Å². The topological polar surface area (TPSA) is 25.2 Å². The SMILES string of the molecule is CC(C)CNCc1oc2c(Cl)cc(Cl)cc2c1C(C)C. The van der Waals surface area contributed by atoms with Gasteiger partial charge in [-0.3, -0.25) is 0 Å². The van der Waals surface area contributed by atoms with Crippen molar-refractivity contribution in [3.8, 4) is 0 Å². The van der Waals surface area contributed by atoms with Gasteiger partial charge < -0.3 is 9.73 Å². The summed E-state index contributed by atoms with van der Waals surface area (Å²) in [7, 11) is 0. The van der Waals surface area contributed by atoms with Crippen LogP contribution < -0.4 is 5.32 Å². The van der Waals surface area contributed by atoms with E-state index in [9.17, 15) is 0 Å². The van der Waals surface area contributed by atoms with E-state index in [1.165, 1.54) is 5.56 Å². The highest BCUT2D eigenvalue weighted by Gasteiger charge is 2.19. The zero-order valence-corrected chi connectivity index (χ0v) is 13.9. The monoisotopic (exact) mass is 313 g/mol. The Morgan fingerprint density at radius 3 is 2.45 bits per heavy atom. The zero-order valence-electron chi connectivity index (χ0n) is 12.4. The third-order valence-electron chi connectivity index (χ3n) is 3.24. The maximum absolute atomic E-state index is 6.24. The van der Waals surface area contributed by atoms with E-state index < -0.39 is 0 Å². The molecule has 1 heterocycles. The summed E-state index contributed by atoms with van der Waals surface area (Å²) in [5, 5.41) is 5.67. The lowest BCUT2D eigenvalue weighted by molar-refractivity contribution is 0.478. The predicted molar refractivity (Wildman–Crippen MR) is 86.9 cm³/mol. The molecule has 0 saturated heterocycles. The summed E-state index contributed by atoms with van der Waals surface area (Å²) in [6.07, 6.45) is 0. The summed E-state index contributed by atoms with van der Waals surface area (Å²) in [4.78, 5) is 0. The van der Waals surface area contributed by atoms with Gasteiger partial charge >= 0.3 is 0 Å². The average molecular weight is 314 g/mol. The number of hydrogen-bond donors (Lipinski definition) is 1. The smallest absolute Gasteiger partial charge is 0.153 e. The first-order valence-electron chi connectivity index (χ1n) is 7.01. The highest BCUT2D eigenvalue weighted by atomic mass is 35.5. The van der Waals surface area contributed by atoms with Crippen molar-refractivity contribution in [2.24, 2.45) is 5.92 Å². The molecule has 4 heteroatoms. The first-order chi connectivity index (χ1) is 9.40. The molecule has 1 aromatic heterocycles. The summed E-state index contributed by atoms with van der Waals surface area (Å²) in [6.45, 7) is 10.4. The van der Waals surface area contributed by atoms with Gasteiger partial charge in [0, 0.05) is 16.0 Å². The molecule has 110 valence electrons.